The highest BCUT2D eigenvalue weighted by molar-refractivity contribution is 6.16. The molecule has 4 heteroatoms. The highest BCUT2D eigenvalue weighted by atomic mass is 35.5. The normalized spacial score (nSPS) is 11.2. The van der Waals surface area contributed by atoms with Crippen molar-refractivity contribution in [3.8, 4) is 5.69 Å². The summed E-state index contributed by atoms with van der Waals surface area (Å²) < 4.78 is 2.06. The van der Waals surface area contributed by atoms with Crippen molar-refractivity contribution in [3.05, 3.63) is 53.0 Å². The molecule has 0 aliphatic heterocycles. The number of halogens is 1. The Hall–Kier alpha value is -1.87. The molecule has 2 heterocycles. The van der Waals surface area contributed by atoms with Gasteiger partial charge in [0.15, 0.2) is 5.65 Å². The van der Waals surface area contributed by atoms with Gasteiger partial charge in [-0.15, -0.1) is 11.6 Å². The molecule has 0 spiro atoms. The molecular formula is C16H16ClN3. The van der Waals surface area contributed by atoms with Crippen LogP contribution < -0.4 is 0 Å². The first-order valence-corrected chi connectivity index (χ1v) is 7.12. The molecule has 0 radical (unpaired) electrons. The van der Waals surface area contributed by atoms with Crippen LogP contribution in [0.1, 0.15) is 22.6 Å². The lowest BCUT2D eigenvalue weighted by Crippen LogP contribution is -2.03. The predicted molar refractivity (Wildman–Crippen MR) is 82.6 cm³/mol. The second-order valence-corrected chi connectivity index (χ2v) is 5.35. The number of alkyl halides is 1. The van der Waals surface area contributed by atoms with Crippen LogP contribution in [0.25, 0.3) is 16.9 Å². The van der Waals surface area contributed by atoms with Crippen LogP contribution in [0, 0.1) is 20.8 Å². The lowest BCUT2D eigenvalue weighted by Gasteiger charge is -2.11. The number of pyridine rings is 1. The van der Waals surface area contributed by atoms with Gasteiger partial charge in [-0.25, -0.2) is 9.97 Å². The number of hydrogen-bond acceptors (Lipinski definition) is 2. The standard InChI is InChI=1S/C16H16ClN3/c1-10-4-7-14(11(2)8-10)20-15(9-17)19-13-6-5-12(3)18-16(13)20/h4-8H,9H2,1-3H3. The smallest absolute Gasteiger partial charge is 0.164 e. The van der Waals surface area contributed by atoms with Gasteiger partial charge in [0.25, 0.3) is 0 Å². The van der Waals surface area contributed by atoms with Gasteiger partial charge < -0.3 is 0 Å². The van der Waals surface area contributed by atoms with Gasteiger partial charge in [-0.2, -0.15) is 0 Å². The Morgan fingerprint density at radius 1 is 1.05 bits per heavy atom. The van der Waals surface area contributed by atoms with E-state index in [1.807, 2.05) is 19.1 Å². The topological polar surface area (TPSA) is 30.7 Å². The predicted octanol–water partition coefficient (Wildman–Crippen LogP) is 4.08. The van der Waals surface area contributed by atoms with Gasteiger partial charge in [0, 0.05) is 5.69 Å². The summed E-state index contributed by atoms with van der Waals surface area (Å²) in [5.41, 5.74) is 6.25. The number of imidazole rings is 1. The minimum atomic E-state index is 0.364. The SMILES string of the molecule is Cc1ccc(-n2c(CCl)nc3ccc(C)nc32)c(C)c1. The zero-order chi connectivity index (χ0) is 14.3. The van der Waals surface area contributed by atoms with Crippen LogP contribution in [0.3, 0.4) is 0 Å². The minimum Gasteiger partial charge on any atom is -0.279 e. The molecule has 0 saturated heterocycles. The van der Waals surface area contributed by atoms with Gasteiger partial charge in [-0.05, 0) is 44.5 Å². The van der Waals surface area contributed by atoms with Crippen molar-refractivity contribution in [3.63, 3.8) is 0 Å². The zero-order valence-corrected chi connectivity index (χ0v) is 12.6. The molecule has 0 unspecified atom stereocenters. The van der Waals surface area contributed by atoms with E-state index in [2.05, 4.69) is 46.6 Å². The molecule has 0 bridgehead atoms. The van der Waals surface area contributed by atoms with Crippen molar-refractivity contribution in [2.45, 2.75) is 26.7 Å². The lowest BCUT2D eigenvalue weighted by molar-refractivity contribution is 0.956. The average Bonchev–Trinajstić information content (AvgIpc) is 2.76. The van der Waals surface area contributed by atoms with E-state index in [0.29, 0.717) is 5.88 Å². The van der Waals surface area contributed by atoms with Crippen LogP contribution in [-0.2, 0) is 5.88 Å². The fourth-order valence-corrected chi connectivity index (χ4v) is 2.68. The summed E-state index contributed by atoms with van der Waals surface area (Å²) >= 11 is 6.07. The molecule has 0 aliphatic carbocycles. The Balaban J connectivity index is 2.36. The molecule has 0 N–H and O–H groups in total. The first-order chi connectivity index (χ1) is 9.60. The van der Waals surface area contributed by atoms with Crippen LogP contribution in [0.5, 0.6) is 0 Å². The highest BCUT2D eigenvalue weighted by Gasteiger charge is 2.14. The molecule has 0 amide bonds. The van der Waals surface area contributed by atoms with Crippen molar-refractivity contribution in [2.24, 2.45) is 0 Å². The van der Waals surface area contributed by atoms with Crippen LogP contribution in [-0.4, -0.2) is 14.5 Å². The average molecular weight is 286 g/mol. The third-order valence-corrected chi connectivity index (χ3v) is 3.66. The van der Waals surface area contributed by atoms with E-state index >= 15 is 0 Å². The van der Waals surface area contributed by atoms with Crippen molar-refractivity contribution in [2.75, 3.05) is 0 Å². The van der Waals surface area contributed by atoms with Gasteiger partial charge in [0.05, 0.1) is 11.6 Å². The third kappa shape index (κ3) is 2.08. The lowest BCUT2D eigenvalue weighted by atomic mass is 10.1. The number of aromatic nitrogens is 3. The second-order valence-electron chi connectivity index (χ2n) is 5.08. The van der Waals surface area contributed by atoms with Crippen LogP contribution >= 0.6 is 11.6 Å². The summed E-state index contributed by atoms with van der Waals surface area (Å²) in [4.78, 5) is 9.21. The van der Waals surface area contributed by atoms with Crippen molar-refractivity contribution >= 4 is 22.8 Å². The van der Waals surface area contributed by atoms with Crippen LogP contribution in [0.4, 0.5) is 0 Å². The summed E-state index contributed by atoms with van der Waals surface area (Å²) in [6.07, 6.45) is 0. The van der Waals surface area contributed by atoms with E-state index in [1.165, 1.54) is 11.1 Å². The van der Waals surface area contributed by atoms with Gasteiger partial charge in [-0.3, -0.25) is 4.57 Å². The molecule has 0 aliphatic rings. The molecule has 2 aromatic heterocycles. The van der Waals surface area contributed by atoms with E-state index in [4.69, 9.17) is 11.6 Å². The summed E-state index contributed by atoms with van der Waals surface area (Å²) in [5.74, 6) is 1.19. The second kappa shape index (κ2) is 4.91. The molecular weight excluding hydrogens is 270 g/mol. The van der Waals surface area contributed by atoms with Gasteiger partial charge in [0.1, 0.15) is 11.3 Å². The molecule has 3 nitrogen and oxygen atoms in total. The van der Waals surface area contributed by atoms with E-state index in [9.17, 15) is 0 Å². The molecule has 102 valence electrons. The highest BCUT2D eigenvalue weighted by Crippen LogP contribution is 2.24. The monoisotopic (exact) mass is 285 g/mol. The largest absolute Gasteiger partial charge is 0.279 e. The summed E-state index contributed by atoms with van der Waals surface area (Å²) in [7, 11) is 0. The molecule has 20 heavy (non-hydrogen) atoms. The maximum atomic E-state index is 6.07. The number of nitrogens with zero attached hydrogens (tertiary/aromatic N) is 3. The van der Waals surface area contributed by atoms with Gasteiger partial charge >= 0.3 is 0 Å². The molecule has 1 aromatic carbocycles. The van der Waals surface area contributed by atoms with E-state index in [0.717, 1.165) is 28.4 Å². The Morgan fingerprint density at radius 2 is 1.85 bits per heavy atom. The van der Waals surface area contributed by atoms with Crippen LogP contribution in [0.2, 0.25) is 0 Å². The van der Waals surface area contributed by atoms with E-state index in [-0.39, 0.29) is 0 Å². The Bertz CT molecular complexity index is 790. The third-order valence-electron chi connectivity index (χ3n) is 3.43. The maximum absolute atomic E-state index is 6.07. The summed E-state index contributed by atoms with van der Waals surface area (Å²) in [5, 5.41) is 0. The number of fused-ring (bicyclic) bond motifs is 1. The summed E-state index contributed by atoms with van der Waals surface area (Å²) in [6, 6.07) is 10.3. The number of rotatable bonds is 2. The fraction of sp³-hybridized carbons (Fsp3) is 0.250. The molecule has 0 fully saturated rings. The van der Waals surface area contributed by atoms with Gasteiger partial charge in [-0.1, -0.05) is 17.7 Å². The number of benzene rings is 1. The first kappa shape index (κ1) is 13.1. The molecule has 3 rings (SSSR count). The number of hydrogen-bond donors (Lipinski definition) is 0. The molecule has 0 saturated carbocycles. The Morgan fingerprint density at radius 3 is 2.55 bits per heavy atom. The van der Waals surface area contributed by atoms with Crippen molar-refractivity contribution in [1.82, 2.24) is 14.5 Å². The molecule has 0 atom stereocenters. The maximum Gasteiger partial charge on any atom is 0.164 e. The first-order valence-electron chi connectivity index (χ1n) is 6.58. The van der Waals surface area contributed by atoms with Crippen molar-refractivity contribution in [1.29, 1.82) is 0 Å². The van der Waals surface area contributed by atoms with Crippen molar-refractivity contribution < 1.29 is 0 Å². The van der Waals surface area contributed by atoms with E-state index < -0.39 is 0 Å². The van der Waals surface area contributed by atoms with E-state index in [1.54, 1.807) is 0 Å². The quantitative estimate of drug-likeness (QED) is 0.664. The molecule has 3 aromatic rings. The fourth-order valence-electron chi connectivity index (χ4n) is 2.50. The zero-order valence-electron chi connectivity index (χ0n) is 11.8. The Labute approximate surface area is 123 Å². The summed E-state index contributed by atoms with van der Waals surface area (Å²) in [6.45, 7) is 6.18. The van der Waals surface area contributed by atoms with Gasteiger partial charge in [0.2, 0.25) is 0 Å². The van der Waals surface area contributed by atoms with Crippen LogP contribution in [0.15, 0.2) is 30.3 Å². The minimum absolute atomic E-state index is 0.364. The Kier molecular flexibility index (Phi) is 3.22. The number of aryl methyl sites for hydroxylation is 3.